The molecular weight excluding hydrogens is 266 g/mol. The van der Waals surface area contributed by atoms with E-state index in [-0.39, 0.29) is 6.04 Å². The fraction of sp³-hybridized carbons (Fsp3) is 0.333. The van der Waals surface area contributed by atoms with Gasteiger partial charge in [-0.1, -0.05) is 48.0 Å². The van der Waals surface area contributed by atoms with E-state index in [0.29, 0.717) is 5.92 Å². The summed E-state index contributed by atoms with van der Waals surface area (Å²) in [7, 11) is 0. The smallest absolute Gasteiger partial charge is 0.0409 e. The molecule has 2 aromatic rings. The van der Waals surface area contributed by atoms with Crippen LogP contribution in [0.25, 0.3) is 0 Å². The summed E-state index contributed by atoms with van der Waals surface area (Å²) in [5.74, 6) is 0.578. The Bertz CT molecular complexity index is 593. The van der Waals surface area contributed by atoms with Crippen LogP contribution in [0.3, 0.4) is 0 Å². The summed E-state index contributed by atoms with van der Waals surface area (Å²) >= 11 is 6.06. The lowest BCUT2D eigenvalue weighted by Gasteiger charge is -2.28. The molecule has 0 aliphatic heterocycles. The first kappa shape index (κ1) is 13.7. The summed E-state index contributed by atoms with van der Waals surface area (Å²) in [5.41, 5.74) is 10.5. The van der Waals surface area contributed by atoms with Gasteiger partial charge in [0.2, 0.25) is 0 Å². The Labute approximate surface area is 125 Å². The van der Waals surface area contributed by atoms with Crippen LogP contribution in [0.15, 0.2) is 48.5 Å². The Hall–Kier alpha value is -1.31. The quantitative estimate of drug-likeness (QED) is 0.857. The molecule has 0 amide bonds. The van der Waals surface area contributed by atoms with Crippen molar-refractivity contribution in [1.82, 2.24) is 0 Å². The Morgan fingerprint density at radius 2 is 2.00 bits per heavy atom. The largest absolute Gasteiger partial charge is 0.324 e. The number of benzene rings is 2. The SMILES string of the molecule is NC(CC1CCCc2ccccc21)c1cccc(Cl)c1. The maximum Gasteiger partial charge on any atom is 0.0409 e. The van der Waals surface area contributed by atoms with Gasteiger partial charge in [-0.05, 0) is 60.4 Å². The van der Waals surface area contributed by atoms with Crippen LogP contribution < -0.4 is 5.73 Å². The average Bonchev–Trinajstić information content (AvgIpc) is 2.47. The van der Waals surface area contributed by atoms with E-state index in [2.05, 4.69) is 30.3 Å². The molecule has 2 atom stereocenters. The fourth-order valence-corrected chi connectivity index (χ4v) is 3.48. The second-order valence-electron chi connectivity index (χ2n) is 5.69. The summed E-state index contributed by atoms with van der Waals surface area (Å²) in [6.07, 6.45) is 4.71. The third-order valence-corrected chi connectivity index (χ3v) is 4.54. The molecule has 0 spiro atoms. The highest BCUT2D eigenvalue weighted by molar-refractivity contribution is 6.30. The standard InChI is InChI=1S/C18H20ClN/c19-16-9-4-8-15(11-16)18(20)12-14-7-3-6-13-5-1-2-10-17(13)14/h1-2,4-5,8-11,14,18H,3,6-7,12,20H2. The van der Waals surface area contributed by atoms with E-state index < -0.39 is 0 Å². The van der Waals surface area contributed by atoms with E-state index in [4.69, 9.17) is 17.3 Å². The summed E-state index contributed by atoms with van der Waals surface area (Å²) in [6, 6.07) is 16.8. The van der Waals surface area contributed by atoms with E-state index >= 15 is 0 Å². The van der Waals surface area contributed by atoms with Crippen LogP contribution in [0.1, 0.15) is 47.9 Å². The molecule has 0 fully saturated rings. The number of rotatable bonds is 3. The lowest BCUT2D eigenvalue weighted by molar-refractivity contribution is 0.476. The van der Waals surface area contributed by atoms with Crippen LogP contribution in [0.5, 0.6) is 0 Å². The van der Waals surface area contributed by atoms with Gasteiger partial charge >= 0.3 is 0 Å². The van der Waals surface area contributed by atoms with Crippen molar-refractivity contribution in [2.45, 2.75) is 37.6 Å². The maximum atomic E-state index is 6.39. The van der Waals surface area contributed by atoms with E-state index in [9.17, 15) is 0 Å². The van der Waals surface area contributed by atoms with Gasteiger partial charge in [-0.15, -0.1) is 0 Å². The second kappa shape index (κ2) is 5.99. The molecule has 104 valence electrons. The summed E-state index contributed by atoms with van der Waals surface area (Å²) in [5, 5.41) is 0.766. The molecule has 20 heavy (non-hydrogen) atoms. The predicted molar refractivity (Wildman–Crippen MR) is 85.1 cm³/mol. The zero-order valence-electron chi connectivity index (χ0n) is 11.6. The highest BCUT2D eigenvalue weighted by Crippen LogP contribution is 2.37. The maximum absolute atomic E-state index is 6.39. The van der Waals surface area contributed by atoms with Gasteiger partial charge in [-0.2, -0.15) is 0 Å². The molecule has 0 radical (unpaired) electrons. The first-order valence-corrected chi connectivity index (χ1v) is 7.70. The zero-order chi connectivity index (χ0) is 13.9. The van der Waals surface area contributed by atoms with Crippen molar-refractivity contribution in [1.29, 1.82) is 0 Å². The first-order chi connectivity index (χ1) is 9.74. The molecule has 1 nitrogen and oxygen atoms in total. The molecule has 1 aliphatic rings. The van der Waals surface area contributed by atoms with Crippen LogP contribution in [-0.2, 0) is 6.42 Å². The molecule has 1 aliphatic carbocycles. The summed E-state index contributed by atoms with van der Waals surface area (Å²) in [4.78, 5) is 0. The molecule has 0 saturated carbocycles. The normalized spacial score (nSPS) is 19.4. The summed E-state index contributed by atoms with van der Waals surface area (Å²) < 4.78 is 0. The molecule has 0 bridgehead atoms. The van der Waals surface area contributed by atoms with Crippen LogP contribution in [-0.4, -0.2) is 0 Å². The highest BCUT2D eigenvalue weighted by Gasteiger charge is 2.22. The number of halogens is 1. The first-order valence-electron chi connectivity index (χ1n) is 7.33. The van der Waals surface area contributed by atoms with Crippen molar-refractivity contribution in [2.75, 3.05) is 0 Å². The molecule has 2 heteroatoms. The van der Waals surface area contributed by atoms with Gasteiger partial charge < -0.3 is 5.73 Å². The third-order valence-electron chi connectivity index (χ3n) is 4.31. The molecule has 3 rings (SSSR count). The molecular formula is C18H20ClN. The monoisotopic (exact) mass is 285 g/mol. The van der Waals surface area contributed by atoms with Gasteiger partial charge in [0, 0.05) is 11.1 Å². The van der Waals surface area contributed by atoms with Gasteiger partial charge in [-0.3, -0.25) is 0 Å². The number of hydrogen-bond acceptors (Lipinski definition) is 1. The number of aryl methyl sites for hydroxylation is 1. The predicted octanol–water partition coefficient (Wildman–Crippen LogP) is 4.85. The van der Waals surface area contributed by atoms with Crippen molar-refractivity contribution >= 4 is 11.6 Å². The lowest BCUT2D eigenvalue weighted by Crippen LogP contribution is -2.18. The minimum absolute atomic E-state index is 0.0601. The lowest BCUT2D eigenvalue weighted by atomic mass is 9.79. The Morgan fingerprint density at radius 1 is 1.15 bits per heavy atom. The Morgan fingerprint density at radius 3 is 2.85 bits per heavy atom. The van der Waals surface area contributed by atoms with Crippen LogP contribution in [0.4, 0.5) is 0 Å². The molecule has 0 aromatic heterocycles. The average molecular weight is 286 g/mol. The van der Waals surface area contributed by atoms with Crippen LogP contribution in [0, 0.1) is 0 Å². The second-order valence-corrected chi connectivity index (χ2v) is 6.12. The Kier molecular flexibility index (Phi) is 4.09. The van der Waals surface area contributed by atoms with Crippen molar-refractivity contribution in [3.63, 3.8) is 0 Å². The molecule has 2 aromatic carbocycles. The minimum Gasteiger partial charge on any atom is -0.324 e. The third kappa shape index (κ3) is 2.89. The fourth-order valence-electron chi connectivity index (χ4n) is 3.28. The number of hydrogen-bond donors (Lipinski definition) is 1. The Balaban J connectivity index is 1.79. The molecule has 0 heterocycles. The van der Waals surface area contributed by atoms with Gasteiger partial charge in [-0.25, -0.2) is 0 Å². The van der Waals surface area contributed by atoms with Gasteiger partial charge in [0.05, 0.1) is 0 Å². The van der Waals surface area contributed by atoms with E-state index in [1.807, 2.05) is 18.2 Å². The highest BCUT2D eigenvalue weighted by atomic mass is 35.5. The van der Waals surface area contributed by atoms with E-state index in [1.165, 1.54) is 30.4 Å². The number of nitrogens with two attached hydrogens (primary N) is 1. The summed E-state index contributed by atoms with van der Waals surface area (Å²) in [6.45, 7) is 0. The topological polar surface area (TPSA) is 26.0 Å². The van der Waals surface area contributed by atoms with Crippen molar-refractivity contribution in [3.8, 4) is 0 Å². The molecule has 0 saturated heterocycles. The van der Waals surface area contributed by atoms with Crippen LogP contribution >= 0.6 is 11.6 Å². The van der Waals surface area contributed by atoms with E-state index in [0.717, 1.165) is 17.0 Å². The van der Waals surface area contributed by atoms with Crippen molar-refractivity contribution < 1.29 is 0 Å². The van der Waals surface area contributed by atoms with Gasteiger partial charge in [0.1, 0.15) is 0 Å². The van der Waals surface area contributed by atoms with Crippen LogP contribution in [0.2, 0.25) is 5.02 Å². The van der Waals surface area contributed by atoms with Crippen molar-refractivity contribution in [2.24, 2.45) is 5.73 Å². The van der Waals surface area contributed by atoms with Gasteiger partial charge in [0.25, 0.3) is 0 Å². The van der Waals surface area contributed by atoms with E-state index in [1.54, 1.807) is 0 Å². The number of fused-ring (bicyclic) bond motifs is 1. The molecule has 2 unspecified atom stereocenters. The van der Waals surface area contributed by atoms with Crippen molar-refractivity contribution in [3.05, 3.63) is 70.2 Å². The van der Waals surface area contributed by atoms with Gasteiger partial charge in [0.15, 0.2) is 0 Å². The molecule has 2 N–H and O–H groups in total. The minimum atomic E-state index is 0.0601. The zero-order valence-corrected chi connectivity index (χ0v) is 12.3.